The molecule has 3 N–H and O–H groups in total. The number of nitrogens with one attached hydrogen (secondary N) is 1. The maximum absolute atomic E-state index is 14.7. The molecule has 7 nitrogen and oxygen atoms in total. The molecule has 8 heteroatoms. The van der Waals surface area contributed by atoms with E-state index in [1.54, 1.807) is 29.2 Å². The van der Waals surface area contributed by atoms with Gasteiger partial charge in [-0.3, -0.25) is 14.4 Å². The van der Waals surface area contributed by atoms with Crippen molar-refractivity contribution in [3.63, 3.8) is 0 Å². The minimum Gasteiger partial charge on any atom is -0.366 e. The minimum absolute atomic E-state index is 0.0591. The fraction of sp³-hybridized carbons (Fsp3) is 0.467. The number of hydrogen-bond acceptors (Lipinski definition) is 4. The molecule has 1 saturated heterocycles. The van der Waals surface area contributed by atoms with Gasteiger partial charge in [-0.2, -0.15) is 0 Å². The summed E-state index contributed by atoms with van der Waals surface area (Å²) in [6, 6.07) is 10.8. The van der Waals surface area contributed by atoms with E-state index in [0.29, 0.717) is 37.3 Å². The lowest BCUT2D eigenvalue weighted by Crippen LogP contribution is -2.54. The van der Waals surface area contributed by atoms with Gasteiger partial charge in [-0.05, 0) is 36.6 Å². The minimum atomic E-state index is -0.629. The van der Waals surface area contributed by atoms with Crippen LogP contribution in [0.1, 0.15) is 84.7 Å². The molecule has 1 aliphatic heterocycles. The van der Waals surface area contributed by atoms with Crippen LogP contribution in [0.5, 0.6) is 0 Å². The second-order valence-electron chi connectivity index (χ2n) is 10.3. The maximum atomic E-state index is 14.7. The van der Waals surface area contributed by atoms with Gasteiger partial charge >= 0.3 is 0 Å². The Labute approximate surface area is 224 Å². The number of primary amides is 1. The molecule has 204 valence electrons. The number of unbranched alkanes of at least 4 members (excludes halogenated alkanes) is 2. The number of nitrogens with zero attached hydrogens (tertiary/aromatic N) is 2. The third kappa shape index (κ3) is 6.65. The zero-order valence-corrected chi connectivity index (χ0v) is 22.7. The first kappa shape index (κ1) is 29.0. The van der Waals surface area contributed by atoms with E-state index in [2.05, 4.69) is 6.92 Å². The maximum Gasteiger partial charge on any atom is 0.256 e. The van der Waals surface area contributed by atoms with Crippen LogP contribution in [0.3, 0.4) is 0 Å². The topological polar surface area (TPSA) is 108 Å². The van der Waals surface area contributed by atoms with Crippen molar-refractivity contribution in [2.75, 3.05) is 26.2 Å². The number of rotatable bonds is 11. The number of nitrogens with two attached hydrogens (primary N) is 1. The van der Waals surface area contributed by atoms with Crippen molar-refractivity contribution in [1.82, 2.24) is 9.80 Å². The number of benzene rings is 2. The van der Waals surface area contributed by atoms with Gasteiger partial charge in [-0.25, -0.2) is 4.39 Å². The van der Waals surface area contributed by atoms with Crippen molar-refractivity contribution in [2.24, 2.45) is 11.1 Å². The third-order valence-corrected chi connectivity index (χ3v) is 7.64. The molecule has 1 atom stereocenters. The number of halogens is 1. The van der Waals surface area contributed by atoms with Crippen molar-refractivity contribution in [3.05, 3.63) is 70.5 Å². The van der Waals surface area contributed by atoms with E-state index in [0.717, 1.165) is 32.1 Å². The monoisotopic (exact) mass is 522 g/mol. The summed E-state index contributed by atoms with van der Waals surface area (Å²) in [5.74, 6) is -1.55. The largest absolute Gasteiger partial charge is 0.366 e. The van der Waals surface area contributed by atoms with Crippen molar-refractivity contribution in [3.8, 4) is 0 Å². The number of carbonyl (C=O) groups excluding carboxylic acids is 3. The molecule has 0 spiro atoms. The Balaban J connectivity index is 1.67. The van der Waals surface area contributed by atoms with Crippen LogP contribution in [0, 0.1) is 16.6 Å². The van der Waals surface area contributed by atoms with E-state index in [4.69, 9.17) is 11.1 Å². The summed E-state index contributed by atoms with van der Waals surface area (Å²) in [6.07, 6.45) is 4.96. The van der Waals surface area contributed by atoms with E-state index in [1.807, 2.05) is 18.7 Å². The lowest BCUT2D eigenvalue weighted by Gasteiger charge is -2.39. The second kappa shape index (κ2) is 12.8. The molecular formula is C30H39FN4O3. The Bertz CT molecular complexity index is 1190. The fourth-order valence-electron chi connectivity index (χ4n) is 4.97. The van der Waals surface area contributed by atoms with Gasteiger partial charge in [-0.1, -0.05) is 64.3 Å². The van der Waals surface area contributed by atoms with Crippen LogP contribution in [0.2, 0.25) is 0 Å². The average molecular weight is 523 g/mol. The molecular weight excluding hydrogens is 483 g/mol. The van der Waals surface area contributed by atoms with Gasteiger partial charge in [-0.15, -0.1) is 0 Å². The smallest absolute Gasteiger partial charge is 0.256 e. The number of amides is 3. The van der Waals surface area contributed by atoms with E-state index in [-0.39, 0.29) is 29.2 Å². The molecule has 0 saturated carbocycles. The number of carbonyl (C=O) groups is 3. The summed E-state index contributed by atoms with van der Waals surface area (Å²) in [5, 5.41) is 8.48. The standard InChI is InChI=1S/C30H39FN4O3/c1-4-6-9-14-30(3,5-2)29(38)35-17-15-34(16-18-35)28(37)24-19-21(12-13-25(24)31)20-26(32)22-10-7-8-11-23(22)27(33)36/h7-8,10-13,19,32H,4-6,9,14-18,20H2,1-3H3,(H2,33,36). The summed E-state index contributed by atoms with van der Waals surface area (Å²) in [7, 11) is 0. The van der Waals surface area contributed by atoms with Gasteiger partial charge in [0, 0.05) is 54.9 Å². The van der Waals surface area contributed by atoms with Crippen LogP contribution in [0.4, 0.5) is 4.39 Å². The molecule has 2 aromatic carbocycles. The Morgan fingerprint density at radius 3 is 2.18 bits per heavy atom. The van der Waals surface area contributed by atoms with E-state index in [9.17, 15) is 18.8 Å². The molecule has 1 unspecified atom stereocenters. The summed E-state index contributed by atoms with van der Waals surface area (Å²) in [5.41, 5.74) is 6.36. The molecule has 1 heterocycles. The highest BCUT2D eigenvalue weighted by molar-refractivity contribution is 6.09. The van der Waals surface area contributed by atoms with E-state index < -0.39 is 23.0 Å². The molecule has 3 amide bonds. The summed E-state index contributed by atoms with van der Waals surface area (Å²) in [4.78, 5) is 41.7. The molecule has 2 aromatic rings. The van der Waals surface area contributed by atoms with E-state index >= 15 is 0 Å². The van der Waals surface area contributed by atoms with Gasteiger partial charge < -0.3 is 20.9 Å². The Morgan fingerprint density at radius 2 is 1.58 bits per heavy atom. The van der Waals surface area contributed by atoms with Crippen LogP contribution < -0.4 is 5.73 Å². The normalized spacial score (nSPS) is 15.2. The second-order valence-corrected chi connectivity index (χ2v) is 10.3. The highest BCUT2D eigenvalue weighted by Gasteiger charge is 2.36. The molecule has 0 aliphatic carbocycles. The van der Waals surface area contributed by atoms with Crippen LogP contribution in [0.25, 0.3) is 0 Å². The quantitative estimate of drug-likeness (QED) is 0.326. The zero-order chi connectivity index (χ0) is 27.9. The third-order valence-electron chi connectivity index (χ3n) is 7.64. The lowest BCUT2D eigenvalue weighted by atomic mass is 9.80. The first-order chi connectivity index (χ1) is 18.1. The highest BCUT2D eigenvalue weighted by Crippen LogP contribution is 2.31. The molecule has 0 radical (unpaired) electrons. The van der Waals surface area contributed by atoms with Crippen molar-refractivity contribution < 1.29 is 18.8 Å². The van der Waals surface area contributed by atoms with Gasteiger partial charge in [0.15, 0.2) is 0 Å². The van der Waals surface area contributed by atoms with Crippen LogP contribution in [0.15, 0.2) is 42.5 Å². The summed E-state index contributed by atoms with van der Waals surface area (Å²) < 4.78 is 14.7. The Kier molecular flexibility index (Phi) is 9.78. The van der Waals surface area contributed by atoms with Crippen molar-refractivity contribution in [2.45, 2.75) is 59.3 Å². The molecule has 0 bridgehead atoms. The van der Waals surface area contributed by atoms with Gasteiger partial charge in [0.25, 0.3) is 5.91 Å². The average Bonchev–Trinajstić information content (AvgIpc) is 2.93. The number of hydrogen-bond donors (Lipinski definition) is 2. The van der Waals surface area contributed by atoms with Crippen LogP contribution in [-0.4, -0.2) is 59.4 Å². The molecule has 3 rings (SSSR count). The fourth-order valence-corrected chi connectivity index (χ4v) is 4.97. The van der Waals surface area contributed by atoms with Crippen molar-refractivity contribution in [1.29, 1.82) is 5.41 Å². The van der Waals surface area contributed by atoms with Gasteiger partial charge in [0.1, 0.15) is 5.82 Å². The first-order valence-electron chi connectivity index (χ1n) is 13.4. The van der Waals surface area contributed by atoms with Gasteiger partial charge in [0.2, 0.25) is 11.8 Å². The molecule has 38 heavy (non-hydrogen) atoms. The molecule has 0 aromatic heterocycles. The first-order valence-corrected chi connectivity index (χ1v) is 13.4. The predicted octanol–water partition coefficient (Wildman–Crippen LogP) is 4.82. The predicted molar refractivity (Wildman–Crippen MR) is 147 cm³/mol. The van der Waals surface area contributed by atoms with E-state index in [1.165, 1.54) is 18.2 Å². The van der Waals surface area contributed by atoms with Crippen LogP contribution in [-0.2, 0) is 11.2 Å². The van der Waals surface area contributed by atoms with Gasteiger partial charge in [0.05, 0.1) is 5.56 Å². The SMILES string of the molecule is CCCCCC(C)(CC)C(=O)N1CCN(C(=O)c2cc(CC(=N)c3ccccc3C(N)=O)ccc2F)CC1. The highest BCUT2D eigenvalue weighted by atomic mass is 19.1. The lowest BCUT2D eigenvalue weighted by molar-refractivity contribution is -0.143. The Morgan fingerprint density at radius 1 is 0.947 bits per heavy atom. The Hall–Kier alpha value is -3.55. The number of piperazine rings is 1. The van der Waals surface area contributed by atoms with Crippen LogP contribution >= 0.6 is 0 Å². The zero-order valence-electron chi connectivity index (χ0n) is 22.7. The molecule has 1 aliphatic rings. The summed E-state index contributed by atoms with van der Waals surface area (Å²) in [6.45, 7) is 7.74. The van der Waals surface area contributed by atoms with Crippen molar-refractivity contribution >= 4 is 23.4 Å². The molecule has 1 fully saturated rings. The summed E-state index contributed by atoms with van der Waals surface area (Å²) >= 11 is 0.